The molecule has 4 aromatic rings. The third-order valence-electron chi connectivity index (χ3n) is 4.67. The average molecular weight is 382 g/mol. The zero-order valence-electron chi connectivity index (χ0n) is 14.9. The Morgan fingerprint density at radius 1 is 1.25 bits per heavy atom. The molecule has 2 aromatic carbocycles. The van der Waals surface area contributed by atoms with Crippen molar-refractivity contribution in [3.63, 3.8) is 0 Å². The van der Waals surface area contributed by atoms with E-state index in [1.165, 1.54) is 10.7 Å². The molecule has 28 heavy (non-hydrogen) atoms. The number of hydrogen-bond donors (Lipinski definition) is 2. The summed E-state index contributed by atoms with van der Waals surface area (Å²) < 4.78 is 32.1. The van der Waals surface area contributed by atoms with Crippen LogP contribution in [0.5, 0.6) is 5.75 Å². The predicted octanol–water partition coefficient (Wildman–Crippen LogP) is 3.68. The number of aromatic amines is 2. The van der Waals surface area contributed by atoms with E-state index in [0.29, 0.717) is 27.8 Å². The van der Waals surface area contributed by atoms with Crippen LogP contribution in [0.2, 0.25) is 0 Å². The fourth-order valence-electron chi connectivity index (χ4n) is 3.38. The van der Waals surface area contributed by atoms with Crippen molar-refractivity contribution in [2.24, 2.45) is 0 Å². The number of nitrogens with zero attached hydrogens (tertiary/aromatic N) is 2. The lowest BCUT2D eigenvalue weighted by atomic mass is 10.0. The number of aryl methyl sites for hydroxylation is 1. The lowest BCUT2D eigenvalue weighted by Gasteiger charge is -2.14. The molecule has 0 radical (unpaired) electrons. The highest BCUT2D eigenvalue weighted by molar-refractivity contribution is 5.88. The molecular formula is C20H16F2N4O2. The number of nitrogens with one attached hydrogen (secondary N) is 2. The maximum absolute atomic E-state index is 12.8. The summed E-state index contributed by atoms with van der Waals surface area (Å²) in [7, 11) is 0. The third-order valence-corrected chi connectivity index (χ3v) is 4.67. The maximum Gasteiger partial charge on any atom is 0.274 e. The van der Waals surface area contributed by atoms with Crippen molar-refractivity contribution in [3.8, 4) is 11.8 Å². The van der Waals surface area contributed by atoms with Crippen molar-refractivity contribution < 1.29 is 13.5 Å². The van der Waals surface area contributed by atoms with Crippen LogP contribution in [0.1, 0.15) is 16.7 Å². The van der Waals surface area contributed by atoms with Crippen LogP contribution >= 0.6 is 0 Å². The highest BCUT2D eigenvalue weighted by Crippen LogP contribution is 2.31. The Bertz CT molecular complexity index is 1280. The second-order valence-corrected chi connectivity index (χ2v) is 6.51. The summed E-state index contributed by atoms with van der Waals surface area (Å²) in [4.78, 5) is 15.9. The summed E-state index contributed by atoms with van der Waals surface area (Å²) in [6.07, 6.45) is -0.846. The number of halogens is 2. The van der Waals surface area contributed by atoms with Crippen LogP contribution in [0.25, 0.3) is 21.8 Å². The Balaban J connectivity index is 1.84. The zero-order valence-corrected chi connectivity index (χ0v) is 14.9. The normalized spacial score (nSPS) is 11.4. The fourth-order valence-corrected chi connectivity index (χ4v) is 3.38. The van der Waals surface area contributed by atoms with E-state index < -0.39 is 13.0 Å². The summed E-state index contributed by atoms with van der Waals surface area (Å²) in [5, 5.41) is 13.2. The second kappa shape index (κ2) is 6.85. The molecule has 0 saturated heterocycles. The topological polar surface area (TPSA) is 86.6 Å². The van der Waals surface area contributed by atoms with Crippen molar-refractivity contribution in [2.75, 3.05) is 6.61 Å². The van der Waals surface area contributed by atoms with Crippen molar-refractivity contribution >= 4 is 21.8 Å². The maximum atomic E-state index is 12.8. The molecule has 142 valence electrons. The summed E-state index contributed by atoms with van der Waals surface area (Å²) in [5.74, 6) is 0.313. The third kappa shape index (κ3) is 3.01. The summed E-state index contributed by atoms with van der Waals surface area (Å²) in [5.41, 5.74) is 3.02. The van der Waals surface area contributed by atoms with E-state index in [1.807, 2.05) is 19.1 Å². The molecule has 0 aliphatic rings. The summed E-state index contributed by atoms with van der Waals surface area (Å²) >= 11 is 0. The number of aromatic nitrogens is 3. The Hall–Kier alpha value is -3.60. The molecule has 0 saturated carbocycles. The number of nitriles is 1. The monoisotopic (exact) mass is 382 g/mol. The van der Waals surface area contributed by atoms with Crippen LogP contribution in [0.15, 0.2) is 41.3 Å². The SMILES string of the molecule is Cc1cc(OCC(F)F)c(Cn2[nH]c3ccc(C#N)cc3c2=O)c2cc[nH]c12. The van der Waals surface area contributed by atoms with Gasteiger partial charge in [-0.15, -0.1) is 0 Å². The van der Waals surface area contributed by atoms with E-state index in [-0.39, 0.29) is 12.1 Å². The summed E-state index contributed by atoms with van der Waals surface area (Å²) in [6, 6.07) is 10.3. The molecule has 8 heteroatoms. The number of alkyl halides is 2. The van der Waals surface area contributed by atoms with Crippen molar-refractivity contribution in [1.29, 1.82) is 5.26 Å². The van der Waals surface area contributed by atoms with Gasteiger partial charge in [0.1, 0.15) is 12.4 Å². The van der Waals surface area contributed by atoms with E-state index in [9.17, 15) is 13.6 Å². The largest absolute Gasteiger partial charge is 0.487 e. The molecule has 0 aliphatic carbocycles. The quantitative estimate of drug-likeness (QED) is 0.552. The average Bonchev–Trinajstić information content (AvgIpc) is 3.28. The predicted molar refractivity (Wildman–Crippen MR) is 101 cm³/mol. The highest BCUT2D eigenvalue weighted by atomic mass is 19.3. The number of fused-ring (bicyclic) bond motifs is 2. The Morgan fingerprint density at radius 3 is 2.82 bits per heavy atom. The van der Waals surface area contributed by atoms with Gasteiger partial charge in [0.25, 0.3) is 12.0 Å². The first-order valence-corrected chi connectivity index (χ1v) is 8.61. The van der Waals surface area contributed by atoms with Gasteiger partial charge >= 0.3 is 0 Å². The number of H-pyrrole nitrogens is 2. The number of ether oxygens (including phenoxy) is 1. The van der Waals surface area contributed by atoms with Gasteiger partial charge in [0.05, 0.1) is 29.1 Å². The van der Waals surface area contributed by atoms with Crippen molar-refractivity contribution in [1.82, 2.24) is 14.8 Å². The lowest BCUT2D eigenvalue weighted by Crippen LogP contribution is -2.18. The van der Waals surface area contributed by atoms with Gasteiger partial charge in [-0.3, -0.25) is 9.89 Å². The second-order valence-electron chi connectivity index (χ2n) is 6.51. The Kier molecular flexibility index (Phi) is 4.35. The van der Waals surface area contributed by atoms with Crippen LogP contribution < -0.4 is 10.3 Å². The molecular weight excluding hydrogens is 366 g/mol. The molecule has 6 nitrogen and oxygen atoms in total. The van der Waals surface area contributed by atoms with Crippen LogP contribution in [-0.4, -0.2) is 27.8 Å². The molecule has 0 atom stereocenters. The van der Waals surface area contributed by atoms with Gasteiger partial charge in [0.15, 0.2) is 0 Å². The van der Waals surface area contributed by atoms with Gasteiger partial charge in [0, 0.05) is 22.7 Å². The van der Waals surface area contributed by atoms with Gasteiger partial charge in [-0.2, -0.15) is 5.26 Å². The molecule has 0 bridgehead atoms. The van der Waals surface area contributed by atoms with E-state index in [1.54, 1.807) is 24.4 Å². The van der Waals surface area contributed by atoms with Gasteiger partial charge < -0.3 is 9.72 Å². The van der Waals surface area contributed by atoms with Crippen molar-refractivity contribution in [3.05, 3.63) is 63.6 Å². The van der Waals surface area contributed by atoms with Crippen LogP contribution in [-0.2, 0) is 6.54 Å². The van der Waals surface area contributed by atoms with Crippen LogP contribution in [0.4, 0.5) is 8.78 Å². The minimum Gasteiger partial charge on any atom is -0.487 e. The van der Waals surface area contributed by atoms with Gasteiger partial charge in [-0.25, -0.2) is 13.5 Å². The molecule has 0 fully saturated rings. The van der Waals surface area contributed by atoms with Gasteiger partial charge in [-0.1, -0.05) is 0 Å². The molecule has 0 amide bonds. The van der Waals surface area contributed by atoms with E-state index >= 15 is 0 Å². The molecule has 4 rings (SSSR count). The van der Waals surface area contributed by atoms with Crippen LogP contribution in [0, 0.1) is 18.3 Å². The van der Waals surface area contributed by atoms with Crippen molar-refractivity contribution in [2.45, 2.75) is 19.9 Å². The first kappa shape index (κ1) is 17.8. The fraction of sp³-hybridized carbons (Fsp3) is 0.200. The number of rotatable bonds is 5. The highest BCUT2D eigenvalue weighted by Gasteiger charge is 2.17. The first-order chi connectivity index (χ1) is 13.5. The smallest absolute Gasteiger partial charge is 0.274 e. The molecule has 2 aromatic heterocycles. The Labute approximate surface area is 157 Å². The van der Waals surface area contributed by atoms with Gasteiger partial charge in [-0.05, 0) is 42.8 Å². The standard InChI is InChI=1S/C20H16F2N4O2/c1-11-6-17(28-10-18(21)22)15(13-4-5-24-19(11)13)9-26-20(27)14-7-12(8-23)2-3-16(14)25-26/h2-7,18,24-25H,9-10H2,1H3. The summed E-state index contributed by atoms with van der Waals surface area (Å²) in [6.45, 7) is 1.24. The molecule has 0 unspecified atom stereocenters. The molecule has 0 aliphatic heterocycles. The minimum absolute atomic E-state index is 0.114. The van der Waals surface area contributed by atoms with Crippen LogP contribution in [0.3, 0.4) is 0 Å². The molecule has 0 spiro atoms. The van der Waals surface area contributed by atoms with E-state index in [2.05, 4.69) is 10.1 Å². The molecule has 2 heterocycles. The van der Waals surface area contributed by atoms with E-state index in [0.717, 1.165) is 16.5 Å². The first-order valence-electron chi connectivity index (χ1n) is 8.61. The molecule has 2 N–H and O–H groups in total. The lowest BCUT2D eigenvalue weighted by molar-refractivity contribution is 0.0814. The van der Waals surface area contributed by atoms with Gasteiger partial charge in [0.2, 0.25) is 0 Å². The zero-order chi connectivity index (χ0) is 19.8. The minimum atomic E-state index is -2.60. The van der Waals surface area contributed by atoms with E-state index in [4.69, 9.17) is 10.00 Å². The number of hydrogen-bond acceptors (Lipinski definition) is 3. The Morgan fingerprint density at radius 2 is 2.07 bits per heavy atom. The number of benzene rings is 2.